The summed E-state index contributed by atoms with van der Waals surface area (Å²) in [6.07, 6.45) is -3.01. The highest BCUT2D eigenvalue weighted by atomic mass is 19.4. The van der Waals surface area contributed by atoms with Gasteiger partial charge in [-0.25, -0.2) is 0 Å². The number of benzene rings is 1. The first-order chi connectivity index (χ1) is 9.35. The van der Waals surface area contributed by atoms with Crippen LogP contribution in [-0.2, 0) is 11.3 Å². The summed E-state index contributed by atoms with van der Waals surface area (Å²) < 4.78 is 40.1. The number of hydrogen-bond acceptors (Lipinski definition) is 3. The second-order valence-corrected chi connectivity index (χ2v) is 4.73. The molecule has 4 nitrogen and oxygen atoms in total. The number of hydrogen-bond donors (Lipinski definition) is 2. The van der Waals surface area contributed by atoms with Crippen LogP contribution in [-0.4, -0.2) is 23.5 Å². The smallest absolute Gasteiger partial charge is 0.480 e. The topological polar surface area (TPSA) is 58.6 Å². The van der Waals surface area contributed by atoms with Gasteiger partial charge in [-0.15, -0.1) is 13.2 Å². The van der Waals surface area contributed by atoms with Crippen LogP contribution in [0.4, 0.5) is 13.2 Å². The zero-order chi connectivity index (χ0) is 14.8. The summed E-state index contributed by atoms with van der Waals surface area (Å²) in [7, 11) is 0. The Hall–Kier alpha value is -1.76. The molecular weight excluding hydrogens is 275 g/mol. The lowest BCUT2D eigenvalue weighted by Crippen LogP contribution is -2.38. The van der Waals surface area contributed by atoms with Gasteiger partial charge < -0.3 is 15.2 Å². The Labute approximate surface area is 113 Å². The maximum atomic E-state index is 12.1. The van der Waals surface area contributed by atoms with Crippen LogP contribution in [0.25, 0.3) is 0 Å². The second-order valence-electron chi connectivity index (χ2n) is 4.73. The Kier molecular flexibility index (Phi) is 4.17. The van der Waals surface area contributed by atoms with Crippen LogP contribution >= 0.6 is 0 Å². The standard InChI is InChI=1S/C13H14F3NO3/c14-13(15,16)20-10-3-1-2-8(6-10)7-17-11(12(18)19)9-4-5-9/h1-3,6,9,11,17H,4-5,7H2,(H,18,19). The van der Waals surface area contributed by atoms with E-state index in [0.717, 1.165) is 12.8 Å². The van der Waals surface area contributed by atoms with Crippen LogP contribution in [0.5, 0.6) is 5.75 Å². The number of aliphatic carboxylic acids is 1. The highest BCUT2D eigenvalue weighted by Crippen LogP contribution is 2.33. The Balaban J connectivity index is 1.95. The summed E-state index contributed by atoms with van der Waals surface area (Å²) in [6, 6.07) is 4.84. The first-order valence-corrected chi connectivity index (χ1v) is 6.16. The summed E-state index contributed by atoms with van der Waals surface area (Å²) in [5, 5.41) is 11.9. The van der Waals surface area contributed by atoms with Crippen molar-refractivity contribution in [3.63, 3.8) is 0 Å². The SMILES string of the molecule is O=C(O)C(NCc1cccc(OC(F)(F)F)c1)C1CC1. The summed E-state index contributed by atoms with van der Waals surface area (Å²) >= 11 is 0. The molecule has 1 aliphatic carbocycles. The minimum atomic E-state index is -4.73. The maximum Gasteiger partial charge on any atom is 0.573 e. The third-order valence-electron chi connectivity index (χ3n) is 3.02. The number of nitrogens with one attached hydrogen (secondary N) is 1. The van der Waals surface area contributed by atoms with Gasteiger partial charge in [0.1, 0.15) is 11.8 Å². The van der Waals surface area contributed by atoms with E-state index in [1.165, 1.54) is 18.2 Å². The van der Waals surface area contributed by atoms with E-state index in [9.17, 15) is 18.0 Å². The highest BCUT2D eigenvalue weighted by molar-refractivity contribution is 5.74. The van der Waals surface area contributed by atoms with Gasteiger partial charge in [0.25, 0.3) is 0 Å². The first-order valence-electron chi connectivity index (χ1n) is 6.16. The number of halogens is 3. The van der Waals surface area contributed by atoms with Crippen molar-refractivity contribution in [1.82, 2.24) is 5.32 Å². The molecule has 1 aromatic rings. The summed E-state index contributed by atoms with van der Waals surface area (Å²) in [6.45, 7) is 0.183. The van der Waals surface area contributed by atoms with Gasteiger partial charge in [0, 0.05) is 6.54 Å². The highest BCUT2D eigenvalue weighted by Gasteiger charge is 2.35. The Bertz CT molecular complexity index is 486. The number of carbonyl (C=O) groups is 1. The number of ether oxygens (including phenoxy) is 1. The van der Waals surface area contributed by atoms with Crippen molar-refractivity contribution < 1.29 is 27.8 Å². The van der Waals surface area contributed by atoms with Gasteiger partial charge in [-0.3, -0.25) is 4.79 Å². The van der Waals surface area contributed by atoms with Crippen LogP contribution in [0.3, 0.4) is 0 Å². The third-order valence-corrected chi connectivity index (χ3v) is 3.02. The average Bonchev–Trinajstić information content (AvgIpc) is 3.11. The van der Waals surface area contributed by atoms with E-state index in [1.807, 2.05) is 0 Å². The van der Waals surface area contributed by atoms with Crippen molar-refractivity contribution in [1.29, 1.82) is 0 Å². The summed E-state index contributed by atoms with van der Waals surface area (Å²) in [5.74, 6) is -1.13. The molecule has 1 atom stereocenters. The predicted octanol–water partition coefficient (Wildman–Crippen LogP) is 2.54. The number of carboxylic acid groups (broad SMARTS) is 1. The van der Waals surface area contributed by atoms with E-state index < -0.39 is 18.4 Å². The molecular formula is C13H14F3NO3. The van der Waals surface area contributed by atoms with Gasteiger partial charge in [0.2, 0.25) is 0 Å². The molecule has 2 N–H and O–H groups in total. The van der Waals surface area contributed by atoms with E-state index in [-0.39, 0.29) is 18.2 Å². The predicted molar refractivity (Wildman–Crippen MR) is 64.1 cm³/mol. The van der Waals surface area contributed by atoms with Crippen molar-refractivity contribution in [3.8, 4) is 5.75 Å². The van der Waals surface area contributed by atoms with E-state index in [1.54, 1.807) is 6.07 Å². The molecule has 0 aromatic heterocycles. The third kappa shape index (κ3) is 4.41. The van der Waals surface area contributed by atoms with E-state index >= 15 is 0 Å². The molecule has 7 heteroatoms. The summed E-state index contributed by atoms with van der Waals surface area (Å²) in [4.78, 5) is 11.0. The normalized spacial score (nSPS) is 16.8. The maximum absolute atomic E-state index is 12.1. The first kappa shape index (κ1) is 14.6. The molecule has 1 unspecified atom stereocenters. The Morgan fingerprint density at radius 1 is 1.45 bits per heavy atom. The van der Waals surface area contributed by atoms with Gasteiger partial charge in [0.05, 0.1) is 0 Å². The zero-order valence-electron chi connectivity index (χ0n) is 10.5. The quantitative estimate of drug-likeness (QED) is 0.845. The molecule has 110 valence electrons. The van der Waals surface area contributed by atoms with Gasteiger partial charge in [0.15, 0.2) is 0 Å². The van der Waals surface area contributed by atoms with E-state index in [4.69, 9.17) is 5.11 Å². The molecule has 1 aromatic carbocycles. The lowest BCUT2D eigenvalue weighted by Gasteiger charge is -2.14. The second kappa shape index (κ2) is 5.70. The van der Waals surface area contributed by atoms with Crippen LogP contribution in [0.15, 0.2) is 24.3 Å². The van der Waals surface area contributed by atoms with Gasteiger partial charge >= 0.3 is 12.3 Å². The van der Waals surface area contributed by atoms with Crippen LogP contribution in [0.1, 0.15) is 18.4 Å². The zero-order valence-corrected chi connectivity index (χ0v) is 10.5. The minimum absolute atomic E-state index is 0.113. The largest absolute Gasteiger partial charge is 0.573 e. The van der Waals surface area contributed by atoms with Crippen molar-refractivity contribution in [2.45, 2.75) is 31.8 Å². The molecule has 2 rings (SSSR count). The fraction of sp³-hybridized carbons (Fsp3) is 0.462. The number of carboxylic acids is 1. The molecule has 0 saturated heterocycles. The monoisotopic (exact) mass is 289 g/mol. The van der Waals surface area contributed by atoms with Crippen molar-refractivity contribution in [3.05, 3.63) is 29.8 Å². The molecule has 0 heterocycles. The van der Waals surface area contributed by atoms with Crippen LogP contribution in [0.2, 0.25) is 0 Å². The lowest BCUT2D eigenvalue weighted by atomic mass is 10.1. The van der Waals surface area contributed by atoms with Crippen molar-refractivity contribution in [2.24, 2.45) is 5.92 Å². The molecule has 0 spiro atoms. The lowest BCUT2D eigenvalue weighted by molar-refractivity contribution is -0.274. The fourth-order valence-corrected chi connectivity index (χ4v) is 1.97. The average molecular weight is 289 g/mol. The van der Waals surface area contributed by atoms with Crippen LogP contribution in [0, 0.1) is 5.92 Å². The molecule has 20 heavy (non-hydrogen) atoms. The van der Waals surface area contributed by atoms with E-state index in [0.29, 0.717) is 5.56 Å². The Morgan fingerprint density at radius 2 is 2.15 bits per heavy atom. The molecule has 0 amide bonds. The van der Waals surface area contributed by atoms with Crippen LogP contribution < -0.4 is 10.1 Å². The van der Waals surface area contributed by atoms with Gasteiger partial charge in [-0.2, -0.15) is 0 Å². The molecule has 1 fully saturated rings. The molecule has 0 bridgehead atoms. The van der Waals surface area contributed by atoms with E-state index in [2.05, 4.69) is 10.1 Å². The molecule has 1 aliphatic rings. The molecule has 0 aliphatic heterocycles. The van der Waals surface area contributed by atoms with Gasteiger partial charge in [-0.05, 0) is 36.5 Å². The number of alkyl halides is 3. The Morgan fingerprint density at radius 3 is 2.70 bits per heavy atom. The van der Waals surface area contributed by atoms with Crippen molar-refractivity contribution in [2.75, 3.05) is 0 Å². The number of rotatable bonds is 6. The molecule has 0 radical (unpaired) electrons. The minimum Gasteiger partial charge on any atom is -0.480 e. The van der Waals surface area contributed by atoms with Crippen molar-refractivity contribution >= 4 is 5.97 Å². The molecule has 1 saturated carbocycles. The summed E-state index contributed by atoms with van der Waals surface area (Å²) in [5.41, 5.74) is 0.540. The van der Waals surface area contributed by atoms with Gasteiger partial charge in [-0.1, -0.05) is 12.1 Å². The fourth-order valence-electron chi connectivity index (χ4n) is 1.97.